The Morgan fingerprint density at radius 1 is 1.57 bits per heavy atom. The second kappa shape index (κ2) is 3.73. The van der Waals surface area contributed by atoms with Gasteiger partial charge in [0, 0.05) is 7.05 Å². The zero-order valence-electron chi connectivity index (χ0n) is 8.04. The number of hydrogen-bond donors (Lipinski definition) is 0. The molecule has 6 heteroatoms. The van der Waals surface area contributed by atoms with Crippen molar-refractivity contribution in [3.8, 4) is 0 Å². The Balaban J connectivity index is 3.30. The maximum absolute atomic E-state index is 12.4. The van der Waals surface area contributed by atoms with Crippen molar-refractivity contribution in [2.45, 2.75) is 13.3 Å². The number of carbonyl (C=O) groups is 1. The molecule has 0 unspecified atom stereocenters. The molecule has 0 amide bonds. The molecular formula is C8H10F2N2O2. The number of methoxy groups -OCH3 is 1. The van der Waals surface area contributed by atoms with E-state index in [-0.39, 0.29) is 5.69 Å². The minimum atomic E-state index is -2.77. The Labute approximate surface area is 79.5 Å². The van der Waals surface area contributed by atoms with Crippen molar-refractivity contribution in [1.82, 2.24) is 9.55 Å². The highest BCUT2D eigenvalue weighted by Crippen LogP contribution is 2.22. The van der Waals surface area contributed by atoms with E-state index >= 15 is 0 Å². The lowest BCUT2D eigenvalue weighted by Crippen LogP contribution is -2.11. The van der Waals surface area contributed by atoms with Crippen LogP contribution in [0.25, 0.3) is 0 Å². The van der Waals surface area contributed by atoms with E-state index in [4.69, 9.17) is 0 Å². The van der Waals surface area contributed by atoms with Gasteiger partial charge in [-0.1, -0.05) is 0 Å². The predicted octanol–water partition coefficient (Wildman–Crippen LogP) is 1.45. The fourth-order valence-corrected chi connectivity index (χ4v) is 1.13. The van der Waals surface area contributed by atoms with Crippen LogP contribution in [0.4, 0.5) is 8.78 Å². The van der Waals surface area contributed by atoms with Gasteiger partial charge in [0.05, 0.1) is 7.11 Å². The van der Waals surface area contributed by atoms with E-state index in [1.54, 1.807) is 6.92 Å². The summed E-state index contributed by atoms with van der Waals surface area (Å²) < 4.78 is 30.5. The van der Waals surface area contributed by atoms with Gasteiger partial charge < -0.3 is 9.30 Å². The van der Waals surface area contributed by atoms with Gasteiger partial charge in [0.1, 0.15) is 11.5 Å². The summed E-state index contributed by atoms with van der Waals surface area (Å²) in [7, 11) is 2.63. The Hall–Kier alpha value is -1.46. The number of ether oxygens (including phenoxy) is 1. The number of esters is 1. The summed E-state index contributed by atoms with van der Waals surface area (Å²) in [6.07, 6.45) is -2.77. The van der Waals surface area contributed by atoms with Crippen LogP contribution in [0, 0.1) is 6.92 Å². The average molecular weight is 204 g/mol. The molecule has 14 heavy (non-hydrogen) atoms. The van der Waals surface area contributed by atoms with Crippen molar-refractivity contribution in [1.29, 1.82) is 0 Å². The number of aryl methyl sites for hydroxylation is 1. The fourth-order valence-electron chi connectivity index (χ4n) is 1.13. The number of nitrogens with zero attached hydrogens (tertiary/aromatic N) is 2. The highest BCUT2D eigenvalue weighted by Gasteiger charge is 2.25. The molecule has 1 aromatic heterocycles. The first-order valence-electron chi connectivity index (χ1n) is 3.88. The Morgan fingerprint density at radius 2 is 2.14 bits per heavy atom. The van der Waals surface area contributed by atoms with Crippen molar-refractivity contribution in [3.63, 3.8) is 0 Å². The van der Waals surface area contributed by atoms with Gasteiger partial charge in [-0.15, -0.1) is 0 Å². The van der Waals surface area contributed by atoms with Gasteiger partial charge in [0.25, 0.3) is 6.43 Å². The van der Waals surface area contributed by atoms with E-state index in [0.717, 1.165) is 7.11 Å². The second-order valence-electron chi connectivity index (χ2n) is 2.74. The minimum Gasteiger partial charge on any atom is -0.464 e. The van der Waals surface area contributed by atoms with Crippen molar-refractivity contribution in [2.75, 3.05) is 7.11 Å². The standard InChI is InChI=1S/C8H10F2N2O2/c1-4-11-5(7(9)10)6(12(4)2)8(13)14-3/h7H,1-3H3. The lowest BCUT2D eigenvalue weighted by molar-refractivity contribution is 0.0576. The Morgan fingerprint density at radius 3 is 2.57 bits per heavy atom. The summed E-state index contributed by atoms with van der Waals surface area (Å²) in [6.45, 7) is 1.54. The van der Waals surface area contributed by atoms with Crippen LogP contribution >= 0.6 is 0 Å². The summed E-state index contributed by atoms with van der Waals surface area (Å²) in [5.41, 5.74) is -0.725. The van der Waals surface area contributed by atoms with Gasteiger partial charge in [-0.3, -0.25) is 0 Å². The molecule has 0 aromatic carbocycles. The quantitative estimate of drug-likeness (QED) is 0.685. The predicted molar refractivity (Wildman–Crippen MR) is 44.2 cm³/mol. The number of carbonyl (C=O) groups excluding carboxylic acids is 1. The van der Waals surface area contributed by atoms with Crippen LogP contribution in [0.3, 0.4) is 0 Å². The van der Waals surface area contributed by atoms with Crippen LogP contribution in [0.1, 0.15) is 28.4 Å². The van der Waals surface area contributed by atoms with Gasteiger partial charge in [0.2, 0.25) is 0 Å². The highest BCUT2D eigenvalue weighted by atomic mass is 19.3. The lowest BCUT2D eigenvalue weighted by Gasteiger charge is -2.03. The molecule has 78 valence electrons. The molecule has 0 atom stereocenters. The van der Waals surface area contributed by atoms with Gasteiger partial charge in [-0.2, -0.15) is 0 Å². The molecule has 0 spiro atoms. The molecule has 0 radical (unpaired) electrons. The topological polar surface area (TPSA) is 44.1 Å². The molecule has 0 N–H and O–H groups in total. The summed E-state index contributed by atoms with van der Waals surface area (Å²) in [6, 6.07) is 0. The third kappa shape index (κ3) is 1.59. The summed E-state index contributed by atoms with van der Waals surface area (Å²) in [5.74, 6) is -0.455. The van der Waals surface area contributed by atoms with Crippen LogP contribution in [-0.4, -0.2) is 22.6 Å². The molecule has 0 saturated heterocycles. The van der Waals surface area contributed by atoms with Crippen LogP contribution in [-0.2, 0) is 11.8 Å². The molecule has 1 rings (SSSR count). The van der Waals surface area contributed by atoms with Crippen LogP contribution < -0.4 is 0 Å². The summed E-state index contributed by atoms with van der Waals surface area (Å²) in [4.78, 5) is 14.7. The third-order valence-corrected chi connectivity index (χ3v) is 1.93. The molecule has 0 fully saturated rings. The van der Waals surface area contributed by atoms with Gasteiger partial charge in [-0.25, -0.2) is 18.6 Å². The largest absolute Gasteiger partial charge is 0.464 e. The first-order valence-corrected chi connectivity index (χ1v) is 3.88. The Kier molecular flexibility index (Phi) is 2.83. The smallest absolute Gasteiger partial charge is 0.356 e. The van der Waals surface area contributed by atoms with Crippen LogP contribution in [0.15, 0.2) is 0 Å². The van der Waals surface area contributed by atoms with Crippen molar-refractivity contribution >= 4 is 5.97 Å². The minimum absolute atomic E-state index is 0.194. The maximum Gasteiger partial charge on any atom is 0.356 e. The molecule has 1 aromatic rings. The molecule has 0 aliphatic carbocycles. The van der Waals surface area contributed by atoms with Crippen molar-refractivity contribution in [2.24, 2.45) is 7.05 Å². The number of hydrogen-bond acceptors (Lipinski definition) is 3. The van der Waals surface area contributed by atoms with E-state index in [1.165, 1.54) is 11.6 Å². The number of aromatic nitrogens is 2. The first-order chi connectivity index (χ1) is 6.49. The monoisotopic (exact) mass is 204 g/mol. The zero-order chi connectivity index (χ0) is 10.9. The normalized spacial score (nSPS) is 10.7. The molecule has 4 nitrogen and oxygen atoms in total. The maximum atomic E-state index is 12.4. The van der Waals surface area contributed by atoms with Crippen LogP contribution in [0.5, 0.6) is 0 Å². The van der Waals surface area contributed by atoms with E-state index in [1.807, 2.05) is 0 Å². The van der Waals surface area contributed by atoms with Crippen LogP contribution in [0.2, 0.25) is 0 Å². The van der Waals surface area contributed by atoms with E-state index in [0.29, 0.717) is 5.82 Å². The van der Waals surface area contributed by atoms with E-state index < -0.39 is 18.1 Å². The molecule has 0 bridgehead atoms. The summed E-state index contributed by atoms with van der Waals surface area (Å²) in [5, 5.41) is 0. The van der Waals surface area contributed by atoms with Gasteiger partial charge in [-0.05, 0) is 6.92 Å². The molecule has 0 aliphatic heterocycles. The highest BCUT2D eigenvalue weighted by molar-refractivity contribution is 5.89. The molecule has 0 aliphatic rings. The first kappa shape index (κ1) is 10.6. The molecular weight excluding hydrogens is 194 g/mol. The van der Waals surface area contributed by atoms with E-state index in [9.17, 15) is 13.6 Å². The van der Waals surface area contributed by atoms with E-state index in [2.05, 4.69) is 9.72 Å². The molecule has 0 saturated carbocycles. The van der Waals surface area contributed by atoms with Gasteiger partial charge >= 0.3 is 5.97 Å². The SMILES string of the molecule is COC(=O)c1c(C(F)F)nc(C)n1C. The summed E-state index contributed by atoms with van der Waals surface area (Å²) >= 11 is 0. The number of alkyl halides is 2. The van der Waals surface area contributed by atoms with Gasteiger partial charge in [0.15, 0.2) is 5.69 Å². The zero-order valence-corrected chi connectivity index (χ0v) is 8.04. The lowest BCUT2D eigenvalue weighted by atomic mass is 10.3. The molecule has 1 heterocycles. The second-order valence-corrected chi connectivity index (χ2v) is 2.74. The average Bonchev–Trinajstić information content (AvgIpc) is 2.43. The van der Waals surface area contributed by atoms with Crippen molar-refractivity contribution < 1.29 is 18.3 Å². The fraction of sp³-hybridized carbons (Fsp3) is 0.500. The number of rotatable bonds is 2. The number of halogens is 2. The van der Waals surface area contributed by atoms with Crippen molar-refractivity contribution in [3.05, 3.63) is 17.2 Å². The Bertz CT molecular complexity index is 360. The number of imidazole rings is 1. The third-order valence-electron chi connectivity index (χ3n) is 1.93.